The third-order valence-corrected chi connectivity index (χ3v) is 5.00. The second-order valence-electron chi connectivity index (χ2n) is 7.79. The minimum Gasteiger partial charge on any atom is -0.341 e. The Labute approximate surface area is 164 Å². The minimum atomic E-state index is 0.172. The Morgan fingerprint density at radius 2 is 1.31 bits per heavy atom. The second kappa shape index (κ2) is 18.9. The van der Waals surface area contributed by atoms with Gasteiger partial charge in [-0.3, -0.25) is 9.69 Å². The summed E-state index contributed by atoms with van der Waals surface area (Å²) >= 11 is 0. The van der Waals surface area contributed by atoms with Gasteiger partial charge in [-0.1, -0.05) is 77.4 Å². The molecule has 0 fully saturated rings. The Bertz CT molecular complexity index is 339. The van der Waals surface area contributed by atoms with Crippen LogP contribution >= 0.6 is 0 Å². The van der Waals surface area contributed by atoms with Crippen LogP contribution in [0.15, 0.2) is 12.2 Å². The summed E-state index contributed by atoms with van der Waals surface area (Å²) in [6.45, 7) is 4.38. The van der Waals surface area contributed by atoms with E-state index in [0.717, 1.165) is 12.8 Å². The zero-order chi connectivity index (χ0) is 19.5. The Balaban J connectivity index is 3.35. The van der Waals surface area contributed by atoms with Crippen molar-refractivity contribution in [3.63, 3.8) is 0 Å². The molecule has 0 saturated carbocycles. The van der Waals surface area contributed by atoms with Crippen molar-refractivity contribution < 1.29 is 4.79 Å². The van der Waals surface area contributed by atoms with Gasteiger partial charge in [0, 0.05) is 6.42 Å². The lowest BCUT2D eigenvalue weighted by Crippen LogP contribution is -2.44. The number of carbonyl (C=O) groups is 1. The first-order valence-electron chi connectivity index (χ1n) is 11.2. The lowest BCUT2D eigenvalue weighted by molar-refractivity contribution is -0.123. The standard InChI is InChI=1S/C23H46N2O/c1-5-7-8-9-10-11-12-13-14-15-16-17-18-19-20-21-23(26)24-22(6-2)25(3)4/h13-14,22H,5-12,15-21H2,1-4H3,(H,24,26). The van der Waals surface area contributed by atoms with Gasteiger partial charge in [0.15, 0.2) is 0 Å². The van der Waals surface area contributed by atoms with Crippen LogP contribution in [0.25, 0.3) is 0 Å². The molecule has 0 aliphatic rings. The number of carbonyl (C=O) groups excluding carboxylic acids is 1. The molecule has 154 valence electrons. The van der Waals surface area contributed by atoms with Gasteiger partial charge in [-0.05, 0) is 52.6 Å². The molecule has 0 bridgehead atoms. The largest absolute Gasteiger partial charge is 0.341 e. The average Bonchev–Trinajstić information content (AvgIpc) is 2.62. The van der Waals surface area contributed by atoms with Crippen LogP contribution in [0.2, 0.25) is 0 Å². The number of hydrogen-bond donors (Lipinski definition) is 1. The first kappa shape index (κ1) is 25.2. The van der Waals surface area contributed by atoms with Crippen LogP contribution in [0.4, 0.5) is 0 Å². The molecule has 26 heavy (non-hydrogen) atoms. The summed E-state index contributed by atoms with van der Waals surface area (Å²) in [6, 6.07) is 0. The van der Waals surface area contributed by atoms with E-state index in [9.17, 15) is 4.79 Å². The number of nitrogens with zero attached hydrogens (tertiary/aromatic N) is 1. The van der Waals surface area contributed by atoms with Gasteiger partial charge in [-0.25, -0.2) is 0 Å². The zero-order valence-electron chi connectivity index (χ0n) is 18.2. The maximum Gasteiger partial charge on any atom is 0.221 e. The molecule has 0 radical (unpaired) electrons. The van der Waals surface area contributed by atoms with Crippen molar-refractivity contribution in [3.05, 3.63) is 12.2 Å². The highest BCUT2D eigenvalue weighted by atomic mass is 16.1. The third kappa shape index (κ3) is 16.6. The maximum absolute atomic E-state index is 11.9. The van der Waals surface area contributed by atoms with Crippen LogP contribution in [-0.4, -0.2) is 31.1 Å². The van der Waals surface area contributed by atoms with Crippen LogP contribution in [0.5, 0.6) is 0 Å². The number of nitrogens with one attached hydrogen (secondary N) is 1. The van der Waals surface area contributed by atoms with Crippen LogP contribution in [-0.2, 0) is 4.79 Å². The first-order valence-corrected chi connectivity index (χ1v) is 11.2. The van der Waals surface area contributed by atoms with E-state index < -0.39 is 0 Å². The number of unbranched alkanes of at least 4 members (excludes halogenated alkanes) is 11. The first-order chi connectivity index (χ1) is 12.6. The van der Waals surface area contributed by atoms with Crippen molar-refractivity contribution in [2.75, 3.05) is 14.1 Å². The van der Waals surface area contributed by atoms with Crippen LogP contribution < -0.4 is 5.32 Å². The minimum absolute atomic E-state index is 0.172. The molecular formula is C23H46N2O. The van der Waals surface area contributed by atoms with Crippen LogP contribution in [0, 0.1) is 0 Å². The van der Waals surface area contributed by atoms with Gasteiger partial charge in [0.25, 0.3) is 0 Å². The summed E-state index contributed by atoms with van der Waals surface area (Å²) in [6.07, 6.45) is 23.3. The monoisotopic (exact) mass is 366 g/mol. The van der Waals surface area contributed by atoms with E-state index in [2.05, 4.69) is 36.2 Å². The molecule has 0 saturated heterocycles. The maximum atomic E-state index is 11.9. The van der Waals surface area contributed by atoms with Crippen LogP contribution in [0.3, 0.4) is 0 Å². The molecule has 0 rings (SSSR count). The predicted octanol–water partition coefficient (Wildman–Crippen LogP) is 6.44. The predicted molar refractivity (Wildman–Crippen MR) is 115 cm³/mol. The van der Waals surface area contributed by atoms with Gasteiger partial charge < -0.3 is 5.32 Å². The van der Waals surface area contributed by atoms with Crippen molar-refractivity contribution in [2.24, 2.45) is 0 Å². The van der Waals surface area contributed by atoms with Crippen molar-refractivity contribution in [2.45, 2.75) is 116 Å². The Kier molecular flexibility index (Phi) is 18.3. The SMILES string of the molecule is CCCCCCCCC=CCCCCCCCC(=O)NC(CC)N(C)C. The topological polar surface area (TPSA) is 32.3 Å². The van der Waals surface area contributed by atoms with Gasteiger partial charge in [-0.2, -0.15) is 0 Å². The molecule has 0 aromatic heterocycles. The summed E-state index contributed by atoms with van der Waals surface area (Å²) in [5.41, 5.74) is 0. The van der Waals surface area contributed by atoms with E-state index in [-0.39, 0.29) is 12.1 Å². The van der Waals surface area contributed by atoms with Crippen LogP contribution in [0.1, 0.15) is 110 Å². The van der Waals surface area contributed by atoms with E-state index in [1.165, 1.54) is 77.0 Å². The second-order valence-corrected chi connectivity index (χ2v) is 7.79. The van der Waals surface area contributed by atoms with Gasteiger partial charge >= 0.3 is 0 Å². The van der Waals surface area contributed by atoms with Crippen molar-refractivity contribution >= 4 is 5.91 Å². The number of amides is 1. The molecule has 0 aromatic rings. The summed E-state index contributed by atoms with van der Waals surface area (Å²) < 4.78 is 0. The number of rotatable bonds is 18. The van der Waals surface area contributed by atoms with E-state index in [0.29, 0.717) is 6.42 Å². The van der Waals surface area contributed by atoms with Gasteiger partial charge in [-0.15, -0.1) is 0 Å². The number of hydrogen-bond acceptors (Lipinski definition) is 2. The van der Waals surface area contributed by atoms with Crippen molar-refractivity contribution in [1.82, 2.24) is 10.2 Å². The van der Waals surface area contributed by atoms with Crippen molar-refractivity contribution in [1.29, 1.82) is 0 Å². The highest BCUT2D eigenvalue weighted by Gasteiger charge is 2.11. The zero-order valence-corrected chi connectivity index (χ0v) is 18.2. The van der Waals surface area contributed by atoms with Gasteiger partial charge in [0.05, 0.1) is 6.17 Å². The normalized spacial score (nSPS) is 12.8. The molecule has 1 atom stereocenters. The molecule has 0 aliphatic carbocycles. The molecular weight excluding hydrogens is 320 g/mol. The molecule has 3 nitrogen and oxygen atoms in total. The van der Waals surface area contributed by atoms with E-state index >= 15 is 0 Å². The third-order valence-electron chi connectivity index (χ3n) is 5.00. The quantitative estimate of drug-likeness (QED) is 0.172. The smallest absolute Gasteiger partial charge is 0.221 e. The van der Waals surface area contributed by atoms with Crippen molar-refractivity contribution in [3.8, 4) is 0 Å². The highest BCUT2D eigenvalue weighted by molar-refractivity contribution is 5.76. The molecule has 0 aromatic carbocycles. The van der Waals surface area contributed by atoms with Gasteiger partial charge in [0.2, 0.25) is 5.91 Å². The van der Waals surface area contributed by atoms with E-state index in [1.54, 1.807) is 0 Å². The van der Waals surface area contributed by atoms with E-state index in [1.807, 2.05) is 14.1 Å². The summed E-state index contributed by atoms with van der Waals surface area (Å²) in [7, 11) is 4.02. The summed E-state index contributed by atoms with van der Waals surface area (Å²) in [5, 5.41) is 3.09. The molecule has 0 spiro atoms. The fourth-order valence-corrected chi connectivity index (χ4v) is 3.21. The fourth-order valence-electron chi connectivity index (χ4n) is 3.21. The highest BCUT2D eigenvalue weighted by Crippen LogP contribution is 2.10. The summed E-state index contributed by atoms with van der Waals surface area (Å²) in [4.78, 5) is 14.0. The molecule has 1 N–H and O–H groups in total. The average molecular weight is 367 g/mol. The van der Waals surface area contributed by atoms with Gasteiger partial charge in [0.1, 0.15) is 0 Å². The van der Waals surface area contributed by atoms with E-state index in [4.69, 9.17) is 0 Å². The Morgan fingerprint density at radius 1 is 0.808 bits per heavy atom. The lowest BCUT2D eigenvalue weighted by Gasteiger charge is -2.23. The molecule has 0 heterocycles. The lowest BCUT2D eigenvalue weighted by atomic mass is 10.1. The molecule has 3 heteroatoms. The summed E-state index contributed by atoms with van der Waals surface area (Å²) in [5.74, 6) is 0.197. The molecule has 1 unspecified atom stereocenters. The Hall–Kier alpha value is -0.830. The molecule has 0 aliphatic heterocycles. The Morgan fingerprint density at radius 3 is 1.81 bits per heavy atom. The molecule has 1 amide bonds. The number of allylic oxidation sites excluding steroid dienone is 2. The fraction of sp³-hybridized carbons (Fsp3) is 0.870.